The summed E-state index contributed by atoms with van der Waals surface area (Å²) in [7, 11) is 0. The van der Waals surface area contributed by atoms with Crippen LogP contribution >= 0.6 is 0 Å². The van der Waals surface area contributed by atoms with Crippen LogP contribution in [-0.2, 0) is 6.42 Å². The summed E-state index contributed by atoms with van der Waals surface area (Å²) in [5.41, 5.74) is 4.67. The third-order valence-corrected chi connectivity index (χ3v) is 4.58. The van der Waals surface area contributed by atoms with Gasteiger partial charge in [-0.1, -0.05) is 42.8 Å². The lowest BCUT2D eigenvalue weighted by Crippen LogP contribution is -2.49. The van der Waals surface area contributed by atoms with Gasteiger partial charge in [-0.3, -0.25) is 4.79 Å². The van der Waals surface area contributed by atoms with Gasteiger partial charge in [-0.05, 0) is 37.1 Å². The highest BCUT2D eigenvalue weighted by Gasteiger charge is 2.23. The molecule has 0 aromatic heterocycles. The minimum Gasteiger partial charge on any atom is -0.368 e. The lowest BCUT2D eigenvalue weighted by atomic mass is 10.1. The first-order valence-electron chi connectivity index (χ1n) is 8.38. The molecule has 0 bridgehead atoms. The van der Waals surface area contributed by atoms with Crippen LogP contribution in [0, 0.1) is 6.92 Å². The van der Waals surface area contributed by atoms with E-state index in [1.54, 1.807) is 0 Å². The van der Waals surface area contributed by atoms with Crippen molar-refractivity contribution in [1.29, 1.82) is 0 Å². The van der Waals surface area contributed by atoms with Crippen molar-refractivity contribution in [2.75, 3.05) is 31.1 Å². The molecule has 1 heterocycles. The molecule has 0 aliphatic carbocycles. The number of piperazine rings is 1. The Bertz CT molecular complexity index is 670. The fourth-order valence-corrected chi connectivity index (χ4v) is 3.15. The fourth-order valence-electron chi connectivity index (χ4n) is 3.15. The maximum Gasteiger partial charge on any atom is 0.253 e. The van der Waals surface area contributed by atoms with Crippen LogP contribution in [0.25, 0.3) is 0 Å². The highest BCUT2D eigenvalue weighted by atomic mass is 16.2. The quantitative estimate of drug-likeness (QED) is 0.866. The summed E-state index contributed by atoms with van der Waals surface area (Å²) in [6, 6.07) is 16.4. The number of benzene rings is 2. The van der Waals surface area contributed by atoms with Gasteiger partial charge >= 0.3 is 0 Å². The van der Waals surface area contributed by atoms with E-state index in [4.69, 9.17) is 0 Å². The largest absolute Gasteiger partial charge is 0.368 e. The second-order valence-corrected chi connectivity index (χ2v) is 6.13. The number of carbonyl (C=O) groups is 1. The van der Waals surface area contributed by atoms with Gasteiger partial charge in [-0.2, -0.15) is 0 Å². The minimum absolute atomic E-state index is 0.147. The fraction of sp³-hybridized carbons (Fsp3) is 0.350. The van der Waals surface area contributed by atoms with E-state index in [1.165, 1.54) is 16.8 Å². The van der Waals surface area contributed by atoms with Crippen molar-refractivity contribution in [2.45, 2.75) is 20.3 Å². The number of rotatable bonds is 3. The number of para-hydroxylation sites is 1. The first-order chi connectivity index (χ1) is 11.2. The summed E-state index contributed by atoms with van der Waals surface area (Å²) in [4.78, 5) is 17.0. The van der Waals surface area contributed by atoms with Crippen LogP contribution in [0.3, 0.4) is 0 Å². The Labute approximate surface area is 138 Å². The van der Waals surface area contributed by atoms with E-state index in [0.29, 0.717) is 0 Å². The molecule has 3 rings (SSSR count). The second-order valence-electron chi connectivity index (χ2n) is 6.13. The SMILES string of the molecule is CCc1ccccc1N1CCN(C(=O)c2ccc(C)cc2)CC1. The molecule has 0 N–H and O–H groups in total. The highest BCUT2D eigenvalue weighted by Crippen LogP contribution is 2.22. The normalized spacial score (nSPS) is 14.9. The van der Waals surface area contributed by atoms with E-state index >= 15 is 0 Å². The predicted octanol–water partition coefficient (Wildman–Crippen LogP) is 3.52. The van der Waals surface area contributed by atoms with Gasteiger partial charge in [0.1, 0.15) is 0 Å². The van der Waals surface area contributed by atoms with E-state index in [1.807, 2.05) is 36.1 Å². The molecule has 2 aromatic carbocycles. The Morgan fingerprint density at radius 3 is 2.26 bits per heavy atom. The Hall–Kier alpha value is -2.29. The number of hydrogen-bond donors (Lipinski definition) is 0. The molecule has 3 heteroatoms. The molecule has 120 valence electrons. The van der Waals surface area contributed by atoms with Crippen molar-refractivity contribution in [3.05, 3.63) is 65.2 Å². The predicted molar refractivity (Wildman–Crippen MR) is 95.1 cm³/mol. The van der Waals surface area contributed by atoms with Gasteiger partial charge in [0.05, 0.1) is 0 Å². The van der Waals surface area contributed by atoms with Crippen LogP contribution in [0.5, 0.6) is 0 Å². The van der Waals surface area contributed by atoms with Crippen molar-refractivity contribution in [3.8, 4) is 0 Å². The Kier molecular flexibility index (Phi) is 4.65. The molecule has 23 heavy (non-hydrogen) atoms. The van der Waals surface area contributed by atoms with E-state index in [-0.39, 0.29) is 5.91 Å². The van der Waals surface area contributed by atoms with Crippen LogP contribution in [0.1, 0.15) is 28.4 Å². The molecule has 3 nitrogen and oxygen atoms in total. The molecule has 1 aliphatic heterocycles. The molecule has 1 saturated heterocycles. The lowest BCUT2D eigenvalue weighted by Gasteiger charge is -2.37. The summed E-state index contributed by atoms with van der Waals surface area (Å²) >= 11 is 0. The molecule has 1 aliphatic rings. The van der Waals surface area contributed by atoms with Gasteiger partial charge < -0.3 is 9.80 Å². The van der Waals surface area contributed by atoms with E-state index < -0.39 is 0 Å². The molecule has 1 amide bonds. The topological polar surface area (TPSA) is 23.6 Å². The smallest absolute Gasteiger partial charge is 0.253 e. The van der Waals surface area contributed by atoms with Crippen molar-refractivity contribution in [1.82, 2.24) is 4.90 Å². The van der Waals surface area contributed by atoms with Crippen LogP contribution in [0.15, 0.2) is 48.5 Å². The minimum atomic E-state index is 0.147. The Morgan fingerprint density at radius 1 is 0.957 bits per heavy atom. The van der Waals surface area contributed by atoms with Crippen LogP contribution in [0.2, 0.25) is 0 Å². The maximum atomic E-state index is 12.6. The number of amides is 1. The maximum absolute atomic E-state index is 12.6. The Balaban J connectivity index is 1.66. The summed E-state index contributed by atoms with van der Waals surface area (Å²) in [5.74, 6) is 0.147. The van der Waals surface area contributed by atoms with E-state index in [9.17, 15) is 4.79 Å². The van der Waals surface area contributed by atoms with Crippen LogP contribution in [0.4, 0.5) is 5.69 Å². The molecule has 0 saturated carbocycles. The van der Waals surface area contributed by atoms with Gasteiger partial charge in [0, 0.05) is 37.4 Å². The van der Waals surface area contributed by atoms with Gasteiger partial charge in [-0.25, -0.2) is 0 Å². The molecule has 0 unspecified atom stereocenters. The third kappa shape index (κ3) is 3.39. The second kappa shape index (κ2) is 6.86. The third-order valence-electron chi connectivity index (χ3n) is 4.58. The summed E-state index contributed by atoms with van der Waals surface area (Å²) in [5, 5.41) is 0. The molecule has 0 radical (unpaired) electrons. The standard InChI is InChI=1S/C20H24N2O/c1-3-17-6-4-5-7-19(17)21-12-14-22(15-13-21)20(23)18-10-8-16(2)9-11-18/h4-11H,3,12-15H2,1-2H3. The van der Waals surface area contributed by atoms with Gasteiger partial charge in [0.15, 0.2) is 0 Å². The van der Waals surface area contributed by atoms with Crippen molar-refractivity contribution >= 4 is 11.6 Å². The number of hydrogen-bond acceptors (Lipinski definition) is 2. The van der Waals surface area contributed by atoms with E-state index in [2.05, 4.69) is 36.1 Å². The summed E-state index contributed by atoms with van der Waals surface area (Å²) in [6.07, 6.45) is 1.04. The first kappa shape index (κ1) is 15.6. The highest BCUT2D eigenvalue weighted by molar-refractivity contribution is 5.94. The number of carbonyl (C=O) groups excluding carboxylic acids is 1. The molecule has 0 atom stereocenters. The average Bonchev–Trinajstić information content (AvgIpc) is 2.62. The zero-order chi connectivity index (χ0) is 16.2. The Morgan fingerprint density at radius 2 is 1.61 bits per heavy atom. The van der Waals surface area contributed by atoms with Crippen LogP contribution in [-0.4, -0.2) is 37.0 Å². The zero-order valence-corrected chi connectivity index (χ0v) is 14.0. The first-order valence-corrected chi connectivity index (χ1v) is 8.38. The lowest BCUT2D eigenvalue weighted by molar-refractivity contribution is 0.0747. The van der Waals surface area contributed by atoms with Gasteiger partial charge in [-0.15, -0.1) is 0 Å². The number of aryl methyl sites for hydroxylation is 2. The van der Waals surface area contributed by atoms with Gasteiger partial charge in [0.25, 0.3) is 5.91 Å². The zero-order valence-electron chi connectivity index (χ0n) is 14.0. The average molecular weight is 308 g/mol. The number of nitrogens with zero attached hydrogens (tertiary/aromatic N) is 2. The van der Waals surface area contributed by atoms with Crippen molar-refractivity contribution in [3.63, 3.8) is 0 Å². The molecule has 0 spiro atoms. The molecule has 1 fully saturated rings. The van der Waals surface area contributed by atoms with Crippen molar-refractivity contribution < 1.29 is 4.79 Å². The molecular formula is C20H24N2O. The molecular weight excluding hydrogens is 284 g/mol. The monoisotopic (exact) mass is 308 g/mol. The van der Waals surface area contributed by atoms with Crippen molar-refractivity contribution in [2.24, 2.45) is 0 Å². The summed E-state index contributed by atoms with van der Waals surface area (Å²) < 4.78 is 0. The summed E-state index contributed by atoms with van der Waals surface area (Å²) in [6.45, 7) is 7.59. The number of anilines is 1. The molecule has 2 aromatic rings. The van der Waals surface area contributed by atoms with Gasteiger partial charge in [0.2, 0.25) is 0 Å². The van der Waals surface area contributed by atoms with Crippen LogP contribution < -0.4 is 4.90 Å². The van der Waals surface area contributed by atoms with E-state index in [0.717, 1.165) is 38.2 Å².